The van der Waals surface area contributed by atoms with Gasteiger partial charge in [-0.15, -0.1) is 0 Å². The van der Waals surface area contributed by atoms with Crippen molar-refractivity contribution in [2.24, 2.45) is 0 Å². The first-order valence-electron chi connectivity index (χ1n) is 27.1. The van der Waals surface area contributed by atoms with Crippen molar-refractivity contribution in [3.05, 3.63) is 97.2 Å². The number of unbranched alkanes of at least 4 members (excludes halogenated alkanes) is 21. The molecule has 9 heteroatoms. The van der Waals surface area contributed by atoms with Gasteiger partial charge in [0.1, 0.15) is 13.2 Å². The summed E-state index contributed by atoms with van der Waals surface area (Å²) in [6.07, 6.45) is 69.2. The van der Waals surface area contributed by atoms with Crippen molar-refractivity contribution in [3.63, 3.8) is 0 Å². The lowest BCUT2D eigenvalue weighted by Crippen LogP contribution is -2.45. The highest BCUT2D eigenvalue weighted by atomic mass is 31.2. The lowest BCUT2D eigenvalue weighted by Gasteiger charge is -2.25. The number of hydrogen-bond donors (Lipinski definition) is 3. The second kappa shape index (κ2) is 48.4. The Kier molecular flexibility index (Phi) is 46.6. The molecule has 0 aromatic carbocycles. The number of nitrogens with one attached hydrogen (secondary N) is 1. The Morgan fingerprint density at radius 3 is 1.37 bits per heavy atom. The van der Waals surface area contributed by atoms with E-state index in [0.717, 1.165) is 89.9 Å². The molecular weight excluding hydrogens is 852 g/mol. The normalized spacial score (nSPS) is 14.8. The van der Waals surface area contributed by atoms with Crippen molar-refractivity contribution in [2.75, 3.05) is 40.9 Å². The Balaban J connectivity index is 4.33. The Bertz CT molecular complexity index is 1410. The summed E-state index contributed by atoms with van der Waals surface area (Å²) in [4.78, 5) is 23.3. The van der Waals surface area contributed by atoms with E-state index in [2.05, 4.69) is 104 Å². The molecule has 386 valence electrons. The second-order valence-corrected chi connectivity index (χ2v) is 20.7. The van der Waals surface area contributed by atoms with Crippen LogP contribution in [0, 0.1) is 0 Å². The maximum absolute atomic E-state index is 13.0. The smallest absolute Gasteiger partial charge is 0.387 e. The summed E-state index contributed by atoms with van der Waals surface area (Å²) in [6.45, 7) is 4.67. The van der Waals surface area contributed by atoms with Crippen LogP contribution in [0.15, 0.2) is 97.2 Å². The Labute approximate surface area is 413 Å². The van der Waals surface area contributed by atoms with E-state index in [0.29, 0.717) is 17.4 Å². The number of rotatable bonds is 48. The number of carbonyl (C=O) groups excluding carboxylic acids is 1. The third-order valence-electron chi connectivity index (χ3n) is 11.5. The minimum absolute atomic E-state index is 0.0495. The lowest BCUT2D eigenvalue weighted by molar-refractivity contribution is -0.870. The molecule has 0 bridgehead atoms. The van der Waals surface area contributed by atoms with E-state index < -0.39 is 20.0 Å². The average molecular weight is 956 g/mol. The van der Waals surface area contributed by atoms with Crippen molar-refractivity contribution < 1.29 is 32.9 Å². The Morgan fingerprint density at radius 2 is 0.910 bits per heavy atom. The third kappa shape index (κ3) is 51.1. The van der Waals surface area contributed by atoms with Crippen LogP contribution in [0.1, 0.15) is 213 Å². The van der Waals surface area contributed by atoms with Gasteiger partial charge in [0.05, 0.1) is 39.9 Å². The van der Waals surface area contributed by atoms with E-state index in [4.69, 9.17) is 9.05 Å². The van der Waals surface area contributed by atoms with Crippen molar-refractivity contribution in [1.82, 2.24) is 5.32 Å². The summed E-state index contributed by atoms with van der Waals surface area (Å²) in [5.41, 5.74) is 0. The van der Waals surface area contributed by atoms with Gasteiger partial charge in [-0.05, 0) is 83.5 Å². The molecule has 0 saturated carbocycles. The maximum atomic E-state index is 13.0. The third-order valence-corrected chi connectivity index (χ3v) is 12.5. The molecule has 3 unspecified atom stereocenters. The van der Waals surface area contributed by atoms with Crippen LogP contribution < -0.4 is 5.32 Å². The fourth-order valence-corrected chi connectivity index (χ4v) is 8.03. The number of aliphatic hydroxyl groups is 1. The summed E-state index contributed by atoms with van der Waals surface area (Å²) in [7, 11) is 1.54. The molecule has 0 aromatic rings. The van der Waals surface area contributed by atoms with E-state index >= 15 is 0 Å². The number of likely N-dealkylation sites (N-methyl/N-ethyl adjacent to an activating group) is 1. The summed E-state index contributed by atoms with van der Waals surface area (Å²) in [5.74, 6) is -0.199. The molecule has 0 fully saturated rings. The summed E-state index contributed by atoms with van der Waals surface area (Å²) >= 11 is 0. The first-order valence-corrected chi connectivity index (χ1v) is 28.6. The average Bonchev–Trinajstić information content (AvgIpc) is 3.29. The first-order chi connectivity index (χ1) is 32.5. The molecule has 0 spiro atoms. The minimum Gasteiger partial charge on any atom is -0.387 e. The monoisotopic (exact) mass is 956 g/mol. The van der Waals surface area contributed by atoms with E-state index in [1.54, 1.807) is 6.08 Å². The van der Waals surface area contributed by atoms with Gasteiger partial charge in [0.15, 0.2) is 0 Å². The fourth-order valence-electron chi connectivity index (χ4n) is 7.30. The molecule has 0 aliphatic heterocycles. The van der Waals surface area contributed by atoms with Gasteiger partial charge in [-0.3, -0.25) is 13.8 Å². The molecule has 0 aliphatic carbocycles. The predicted molar refractivity (Wildman–Crippen MR) is 290 cm³/mol. The van der Waals surface area contributed by atoms with Crippen LogP contribution in [-0.4, -0.2) is 73.4 Å². The molecule has 0 aromatic heterocycles. The number of allylic oxidation sites excluding steroid dienone is 15. The highest BCUT2D eigenvalue weighted by molar-refractivity contribution is 7.47. The quantitative estimate of drug-likeness (QED) is 0.0243. The van der Waals surface area contributed by atoms with Crippen LogP contribution in [0.4, 0.5) is 0 Å². The van der Waals surface area contributed by atoms with Gasteiger partial charge in [-0.2, -0.15) is 0 Å². The number of phosphoric acid groups is 1. The van der Waals surface area contributed by atoms with Gasteiger partial charge in [-0.1, -0.05) is 220 Å². The number of nitrogens with zero attached hydrogens (tertiary/aromatic N) is 1. The highest BCUT2D eigenvalue weighted by Crippen LogP contribution is 2.43. The van der Waals surface area contributed by atoms with Crippen molar-refractivity contribution >= 4 is 13.7 Å². The lowest BCUT2D eigenvalue weighted by atomic mass is 10.0. The molecule has 3 atom stereocenters. The number of carbonyl (C=O) groups is 1. The van der Waals surface area contributed by atoms with Gasteiger partial charge in [0.25, 0.3) is 0 Å². The topological polar surface area (TPSA) is 105 Å². The number of quaternary nitrogens is 1. The molecule has 0 aliphatic rings. The molecule has 0 heterocycles. The van der Waals surface area contributed by atoms with Crippen LogP contribution in [0.3, 0.4) is 0 Å². The molecule has 0 saturated heterocycles. The van der Waals surface area contributed by atoms with Gasteiger partial charge >= 0.3 is 7.82 Å². The molecule has 0 rings (SSSR count). The molecule has 1 amide bonds. The van der Waals surface area contributed by atoms with Crippen LogP contribution >= 0.6 is 7.82 Å². The van der Waals surface area contributed by atoms with Gasteiger partial charge in [0.2, 0.25) is 5.91 Å². The SMILES string of the molecule is CC/C=C\C/C=C\C/C=C\C/C=C\C/C=C\C/C=C\CCCCCCCCCCC(=O)NC(COP(=O)(O)OCC[N+](C)(C)C)C(O)/C=C/CC/C=C/CCCCCCCCCCCCCC. The zero-order valence-corrected chi connectivity index (χ0v) is 44.8. The molecular formula is C58H104N2O6P+. The van der Waals surface area contributed by atoms with Gasteiger partial charge in [-0.25, -0.2) is 4.57 Å². The Morgan fingerprint density at radius 1 is 0.522 bits per heavy atom. The van der Waals surface area contributed by atoms with E-state index in [9.17, 15) is 19.4 Å². The van der Waals surface area contributed by atoms with Gasteiger partial charge in [0, 0.05) is 6.42 Å². The first kappa shape index (κ1) is 64.4. The zero-order valence-electron chi connectivity index (χ0n) is 43.9. The van der Waals surface area contributed by atoms with Crippen LogP contribution in [0.25, 0.3) is 0 Å². The summed E-state index contributed by atoms with van der Waals surface area (Å²) < 4.78 is 23.6. The summed E-state index contributed by atoms with van der Waals surface area (Å²) in [6, 6.07) is -0.875. The van der Waals surface area contributed by atoms with Gasteiger partial charge < -0.3 is 19.8 Å². The molecule has 3 N–H and O–H groups in total. The minimum atomic E-state index is -4.36. The standard InChI is InChI=1S/C58H103N2O6P/c1-6-8-10-12-14-16-18-20-22-24-26-27-28-29-30-31-32-33-34-36-38-40-42-44-46-48-50-52-58(62)59-56(55-66-67(63,64)65-54-53-60(3,4)5)57(61)51-49-47-45-43-41-39-37-35-25-23-21-19-17-15-13-11-9-7-2/h8,10,14,16,20,22,26-27,29-30,32-33,41,43,49,51,56-57,61H,6-7,9,11-13,15,17-19,21,23-25,28,31,34-40,42,44-48,50,52-55H2,1-5H3,(H-,59,62,63,64)/p+1/b10-8-,16-14-,22-20-,27-26-,30-29-,33-32-,43-41+,51-49+. The number of phosphoric ester groups is 1. The highest BCUT2D eigenvalue weighted by Gasteiger charge is 2.27. The van der Waals surface area contributed by atoms with E-state index in [-0.39, 0.29) is 19.1 Å². The zero-order chi connectivity index (χ0) is 49.2. The largest absolute Gasteiger partial charge is 0.472 e. The maximum Gasteiger partial charge on any atom is 0.472 e. The molecule has 0 radical (unpaired) electrons. The fraction of sp³-hybridized carbons (Fsp3) is 0.707. The van der Waals surface area contributed by atoms with E-state index in [1.807, 2.05) is 27.2 Å². The number of amides is 1. The van der Waals surface area contributed by atoms with E-state index in [1.165, 1.54) is 103 Å². The van der Waals surface area contributed by atoms with Crippen molar-refractivity contribution in [2.45, 2.75) is 225 Å². The Hall–Kier alpha value is -2.58. The van der Waals surface area contributed by atoms with Crippen molar-refractivity contribution in [1.29, 1.82) is 0 Å². The van der Waals surface area contributed by atoms with Crippen LogP contribution in [0.5, 0.6) is 0 Å². The van der Waals surface area contributed by atoms with Crippen molar-refractivity contribution in [3.8, 4) is 0 Å². The molecule has 67 heavy (non-hydrogen) atoms. The number of aliphatic hydroxyl groups excluding tert-OH is 1. The van der Waals surface area contributed by atoms with Crippen LogP contribution in [-0.2, 0) is 18.4 Å². The predicted octanol–water partition coefficient (Wildman–Crippen LogP) is 16.3. The molecule has 8 nitrogen and oxygen atoms in total. The second-order valence-electron chi connectivity index (χ2n) is 19.2. The summed E-state index contributed by atoms with van der Waals surface area (Å²) in [5, 5.41) is 13.9. The number of hydrogen-bond acceptors (Lipinski definition) is 5. The van der Waals surface area contributed by atoms with Crippen LogP contribution in [0.2, 0.25) is 0 Å².